The summed E-state index contributed by atoms with van der Waals surface area (Å²) in [5.41, 5.74) is 1.35. The number of nitrogens with one attached hydrogen (secondary N) is 2. The number of pyridine rings is 1. The van der Waals surface area contributed by atoms with E-state index in [9.17, 15) is 8.78 Å². The van der Waals surface area contributed by atoms with Gasteiger partial charge in [-0.05, 0) is 30.2 Å². The van der Waals surface area contributed by atoms with Crippen molar-refractivity contribution in [3.63, 3.8) is 0 Å². The molecule has 0 aliphatic heterocycles. The molecule has 0 atom stereocenters. The second-order valence-electron chi connectivity index (χ2n) is 4.96. The molecular weight excluding hydrogens is 425 g/mol. The zero-order valence-corrected chi connectivity index (χ0v) is 15.8. The molecule has 1 heterocycles. The van der Waals surface area contributed by atoms with Crippen molar-refractivity contribution in [3.05, 3.63) is 65.5 Å². The quantitative estimate of drug-likeness (QED) is 0.408. The number of benzene rings is 1. The third-order valence-corrected chi connectivity index (χ3v) is 3.34. The predicted octanol–water partition coefficient (Wildman–Crippen LogP) is 2.93. The summed E-state index contributed by atoms with van der Waals surface area (Å²) in [6, 6.07) is 9.99. The molecule has 2 N–H and O–H groups in total. The Morgan fingerprint density at radius 1 is 1.04 bits per heavy atom. The summed E-state index contributed by atoms with van der Waals surface area (Å²) in [4.78, 5) is 8.34. The van der Waals surface area contributed by atoms with Crippen LogP contribution in [0.2, 0.25) is 0 Å². The Labute approximate surface area is 157 Å². The Morgan fingerprint density at radius 3 is 2.46 bits per heavy atom. The van der Waals surface area contributed by atoms with Gasteiger partial charge in [0.2, 0.25) is 0 Å². The standard InChI is InChI=1S/C17H20F2N4.HI/c1-20-17(23-12-9-14-6-2-3-10-21-14)22-11-8-13-5-4-7-15(18)16(13)19;/h2-7,10H,8-9,11-12H2,1H3,(H2,20,22,23);1H. The maximum atomic E-state index is 13.5. The first-order valence-corrected chi connectivity index (χ1v) is 7.48. The molecule has 0 unspecified atom stereocenters. The van der Waals surface area contributed by atoms with E-state index in [4.69, 9.17) is 0 Å². The molecule has 0 aliphatic carbocycles. The van der Waals surface area contributed by atoms with Gasteiger partial charge in [0, 0.05) is 38.4 Å². The molecule has 130 valence electrons. The van der Waals surface area contributed by atoms with Gasteiger partial charge in [-0.1, -0.05) is 18.2 Å². The van der Waals surface area contributed by atoms with Crippen molar-refractivity contribution in [2.45, 2.75) is 12.8 Å². The Hall–Kier alpha value is -1.77. The van der Waals surface area contributed by atoms with E-state index in [1.54, 1.807) is 19.3 Å². The minimum Gasteiger partial charge on any atom is -0.356 e. The molecule has 4 nitrogen and oxygen atoms in total. The van der Waals surface area contributed by atoms with E-state index in [2.05, 4.69) is 20.6 Å². The van der Waals surface area contributed by atoms with Crippen molar-refractivity contribution in [3.8, 4) is 0 Å². The lowest BCUT2D eigenvalue weighted by Gasteiger charge is -2.12. The first-order chi connectivity index (χ1) is 11.2. The Kier molecular flexibility index (Phi) is 9.21. The minimum absolute atomic E-state index is 0. The molecule has 0 spiro atoms. The topological polar surface area (TPSA) is 49.3 Å². The number of aliphatic imine (C=N–C) groups is 1. The van der Waals surface area contributed by atoms with Crippen LogP contribution >= 0.6 is 24.0 Å². The molecule has 2 aromatic rings. The van der Waals surface area contributed by atoms with Crippen LogP contribution in [0.4, 0.5) is 8.78 Å². The average Bonchev–Trinajstić information content (AvgIpc) is 2.58. The molecule has 2 rings (SSSR count). The van der Waals surface area contributed by atoms with Crippen LogP contribution in [0.1, 0.15) is 11.3 Å². The highest BCUT2D eigenvalue weighted by Gasteiger charge is 2.07. The molecule has 24 heavy (non-hydrogen) atoms. The average molecular weight is 446 g/mol. The van der Waals surface area contributed by atoms with Gasteiger partial charge >= 0.3 is 0 Å². The SMILES string of the molecule is CN=C(NCCc1ccccn1)NCCc1cccc(F)c1F.I. The van der Waals surface area contributed by atoms with Gasteiger partial charge in [-0.2, -0.15) is 0 Å². The number of hydrogen-bond donors (Lipinski definition) is 2. The number of hydrogen-bond acceptors (Lipinski definition) is 2. The van der Waals surface area contributed by atoms with E-state index < -0.39 is 11.6 Å². The van der Waals surface area contributed by atoms with Gasteiger partial charge in [-0.25, -0.2) is 8.78 Å². The molecule has 0 radical (unpaired) electrons. The Balaban J connectivity index is 0.00000288. The fourth-order valence-electron chi connectivity index (χ4n) is 2.13. The largest absolute Gasteiger partial charge is 0.356 e. The van der Waals surface area contributed by atoms with Crippen molar-refractivity contribution < 1.29 is 8.78 Å². The highest BCUT2D eigenvalue weighted by Crippen LogP contribution is 2.11. The van der Waals surface area contributed by atoms with E-state index in [1.807, 2.05) is 18.2 Å². The van der Waals surface area contributed by atoms with Gasteiger partial charge in [0.1, 0.15) is 0 Å². The minimum atomic E-state index is -0.819. The third kappa shape index (κ3) is 6.38. The fourth-order valence-corrected chi connectivity index (χ4v) is 2.13. The van der Waals surface area contributed by atoms with E-state index in [1.165, 1.54) is 6.07 Å². The van der Waals surface area contributed by atoms with Gasteiger partial charge in [0.25, 0.3) is 0 Å². The lowest BCUT2D eigenvalue weighted by atomic mass is 10.1. The monoisotopic (exact) mass is 446 g/mol. The van der Waals surface area contributed by atoms with E-state index in [0.29, 0.717) is 31.0 Å². The van der Waals surface area contributed by atoms with Gasteiger partial charge < -0.3 is 10.6 Å². The van der Waals surface area contributed by atoms with Crippen LogP contribution in [0.5, 0.6) is 0 Å². The van der Waals surface area contributed by atoms with Crippen molar-refractivity contribution >= 4 is 29.9 Å². The lowest BCUT2D eigenvalue weighted by Crippen LogP contribution is -2.39. The number of guanidine groups is 1. The summed E-state index contributed by atoms with van der Waals surface area (Å²) in [7, 11) is 1.67. The van der Waals surface area contributed by atoms with E-state index in [-0.39, 0.29) is 24.0 Å². The highest BCUT2D eigenvalue weighted by atomic mass is 127. The van der Waals surface area contributed by atoms with Gasteiger partial charge in [0.15, 0.2) is 17.6 Å². The third-order valence-electron chi connectivity index (χ3n) is 3.34. The maximum Gasteiger partial charge on any atom is 0.190 e. The number of rotatable bonds is 6. The molecule has 1 aromatic heterocycles. The predicted molar refractivity (Wildman–Crippen MR) is 103 cm³/mol. The summed E-state index contributed by atoms with van der Waals surface area (Å²) >= 11 is 0. The molecular formula is C17H21F2IN4. The van der Waals surface area contributed by atoms with Crippen molar-refractivity contribution in [2.24, 2.45) is 4.99 Å². The van der Waals surface area contributed by atoms with Gasteiger partial charge in [-0.3, -0.25) is 9.98 Å². The maximum absolute atomic E-state index is 13.5. The van der Waals surface area contributed by atoms with Crippen molar-refractivity contribution in [1.29, 1.82) is 0 Å². The van der Waals surface area contributed by atoms with E-state index >= 15 is 0 Å². The first kappa shape index (κ1) is 20.3. The van der Waals surface area contributed by atoms with Crippen LogP contribution in [0, 0.1) is 11.6 Å². The van der Waals surface area contributed by atoms with Crippen LogP contribution in [0.3, 0.4) is 0 Å². The van der Waals surface area contributed by atoms with Crippen LogP contribution < -0.4 is 10.6 Å². The zero-order valence-electron chi connectivity index (χ0n) is 13.4. The lowest BCUT2D eigenvalue weighted by molar-refractivity contribution is 0.498. The molecule has 0 amide bonds. The summed E-state index contributed by atoms with van der Waals surface area (Å²) in [6.07, 6.45) is 2.92. The van der Waals surface area contributed by atoms with Crippen molar-refractivity contribution in [1.82, 2.24) is 15.6 Å². The molecule has 0 bridgehead atoms. The summed E-state index contributed by atoms with van der Waals surface area (Å²) in [5.74, 6) is -0.981. The van der Waals surface area contributed by atoms with Crippen LogP contribution in [-0.4, -0.2) is 31.1 Å². The number of aromatic nitrogens is 1. The van der Waals surface area contributed by atoms with Gasteiger partial charge in [-0.15, -0.1) is 24.0 Å². The summed E-state index contributed by atoms with van der Waals surface area (Å²) in [5, 5.41) is 6.24. The van der Waals surface area contributed by atoms with E-state index in [0.717, 1.165) is 18.2 Å². The molecule has 0 aliphatic rings. The molecule has 1 aromatic carbocycles. The van der Waals surface area contributed by atoms with Crippen LogP contribution in [0.25, 0.3) is 0 Å². The zero-order chi connectivity index (χ0) is 16.5. The number of nitrogens with zero attached hydrogens (tertiary/aromatic N) is 2. The van der Waals surface area contributed by atoms with Crippen LogP contribution in [0.15, 0.2) is 47.6 Å². The van der Waals surface area contributed by atoms with Gasteiger partial charge in [0.05, 0.1) is 0 Å². The highest BCUT2D eigenvalue weighted by molar-refractivity contribution is 14.0. The Bertz CT molecular complexity index is 650. The Morgan fingerprint density at radius 2 is 1.79 bits per heavy atom. The van der Waals surface area contributed by atoms with Crippen molar-refractivity contribution in [2.75, 3.05) is 20.1 Å². The molecule has 0 fully saturated rings. The summed E-state index contributed by atoms with van der Waals surface area (Å²) in [6.45, 7) is 1.15. The molecule has 0 saturated carbocycles. The smallest absolute Gasteiger partial charge is 0.190 e. The number of halogens is 3. The molecule has 0 saturated heterocycles. The first-order valence-electron chi connectivity index (χ1n) is 7.48. The van der Waals surface area contributed by atoms with Crippen LogP contribution in [-0.2, 0) is 12.8 Å². The second-order valence-corrected chi connectivity index (χ2v) is 4.96. The fraction of sp³-hybridized carbons (Fsp3) is 0.294. The summed E-state index contributed by atoms with van der Waals surface area (Å²) < 4.78 is 26.7. The normalized spacial score (nSPS) is 10.9. The molecule has 7 heteroatoms. The second kappa shape index (κ2) is 10.9.